The molecule has 0 fully saturated rings. The molecular formula is C16H23N3O. The summed E-state index contributed by atoms with van der Waals surface area (Å²) >= 11 is 0. The Labute approximate surface area is 120 Å². The van der Waals surface area contributed by atoms with Gasteiger partial charge in [-0.15, -0.1) is 0 Å². The number of hydrogen-bond donors (Lipinski definition) is 3. The van der Waals surface area contributed by atoms with Gasteiger partial charge in [0.05, 0.1) is 0 Å². The number of nitrogen functional groups attached to an aromatic ring is 2. The molecule has 6 N–H and O–H groups in total. The van der Waals surface area contributed by atoms with Gasteiger partial charge in [0.1, 0.15) is 11.5 Å². The molecule has 108 valence electrons. The van der Waals surface area contributed by atoms with Crippen molar-refractivity contribution in [3.63, 3.8) is 0 Å². The second kappa shape index (κ2) is 8.82. The van der Waals surface area contributed by atoms with Gasteiger partial charge in [0, 0.05) is 11.4 Å². The average molecular weight is 273 g/mol. The Morgan fingerprint density at radius 1 is 0.800 bits per heavy atom. The standard InChI is InChI=1S/C12H12N2O.C4H11N/c13-9-1-5-11(6-2-9)15-12-7-3-10(14)4-8-12;1-2-3-4-5/h1-8H,13-14H2;2-5H2,1H3. The third kappa shape index (κ3) is 6.11. The number of ether oxygens (including phenoxy) is 1. The first kappa shape index (κ1) is 15.9. The minimum Gasteiger partial charge on any atom is -0.457 e. The van der Waals surface area contributed by atoms with E-state index < -0.39 is 0 Å². The van der Waals surface area contributed by atoms with Crippen molar-refractivity contribution in [1.82, 2.24) is 0 Å². The van der Waals surface area contributed by atoms with Crippen molar-refractivity contribution in [1.29, 1.82) is 0 Å². The lowest BCUT2D eigenvalue weighted by molar-refractivity contribution is 0.483. The number of anilines is 2. The second-order valence-electron chi connectivity index (χ2n) is 4.38. The van der Waals surface area contributed by atoms with Crippen molar-refractivity contribution in [2.75, 3.05) is 18.0 Å². The molecule has 4 nitrogen and oxygen atoms in total. The lowest BCUT2D eigenvalue weighted by Gasteiger charge is -2.05. The summed E-state index contributed by atoms with van der Waals surface area (Å²) in [5.74, 6) is 1.52. The maximum absolute atomic E-state index is 5.58. The molecular weight excluding hydrogens is 250 g/mol. The van der Waals surface area contributed by atoms with Crippen LogP contribution in [0.15, 0.2) is 48.5 Å². The summed E-state index contributed by atoms with van der Waals surface area (Å²) < 4.78 is 5.58. The van der Waals surface area contributed by atoms with Gasteiger partial charge >= 0.3 is 0 Å². The predicted octanol–water partition coefficient (Wildman–Crippen LogP) is 3.39. The van der Waals surface area contributed by atoms with E-state index in [-0.39, 0.29) is 0 Å². The van der Waals surface area contributed by atoms with E-state index in [1.807, 2.05) is 24.3 Å². The second-order valence-corrected chi connectivity index (χ2v) is 4.38. The van der Waals surface area contributed by atoms with Gasteiger partial charge in [0.15, 0.2) is 0 Å². The van der Waals surface area contributed by atoms with Crippen molar-refractivity contribution in [2.24, 2.45) is 5.73 Å². The number of benzene rings is 2. The summed E-state index contributed by atoms with van der Waals surface area (Å²) in [6.07, 6.45) is 2.39. The predicted molar refractivity (Wildman–Crippen MR) is 85.7 cm³/mol. The summed E-state index contributed by atoms with van der Waals surface area (Å²) in [4.78, 5) is 0. The van der Waals surface area contributed by atoms with Crippen molar-refractivity contribution in [3.05, 3.63) is 48.5 Å². The first-order valence-corrected chi connectivity index (χ1v) is 6.74. The van der Waals surface area contributed by atoms with Crippen LogP contribution in [0, 0.1) is 0 Å². The van der Waals surface area contributed by atoms with Crippen LogP contribution in [-0.2, 0) is 0 Å². The summed E-state index contributed by atoms with van der Waals surface area (Å²) in [6.45, 7) is 2.98. The molecule has 0 amide bonds. The van der Waals surface area contributed by atoms with Gasteiger partial charge < -0.3 is 21.9 Å². The zero-order chi connectivity index (χ0) is 14.8. The van der Waals surface area contributed by atoms with Gasteiger partial charge in [0.25, 0.3) is 0 Å². The first-order valence-electron chi connectivity index (χ1n) is 6.74. The lowest BCUT2D eigenvalue weighted by atomic mass is 10.3. The van der Waals surface area contributed by atoms with E-state index in [0.29, 0.717) is 0 Å². The van der Waals surface area contributed by atoms with Crippen LogP contribution in [0.2, 0.25) is 0 Å². The first-order chi connectivity index (χ1) is 9.65. The molecule has 2 aromatic rings. The molecule has 20 heavy (non-hydrogen) atoms. The largest absolute Gasteiger partial charge is 0.457 e. The van der Waals surface area contributed by atoms with E-state index in [9.17, 15) is 0 Å². The number of unbranched alkanes of at least 4 members (excludes halogenated alkanes) is 1. The van der Waals surface area contributed by atoms with Crippen LogP contribution in [0.1, 0.15) is 19.8 Å². The third-order valence-electron chi connectivity index (χ3n) is 2.55. The molecule has 4 heteroatoms. The van der Waals surface area contributed by atoms with Gasteiger partial charge in [0.2, 0.25) is 0 Å². The Balaban J connectivity index is 0.000000347. The van der Waals surface area contributed by atoms with Gasteiger partial charge in [-0.3, -0.25) is 0 Å². The lowest BCUT2D eigenvalue weighted by Crippen LogP contribution is -1.95. The molecule has 0 aromatic heterocycles. The van der Waals surface area contributed by atoms with Crippen molar-refractivity contribution < 1.29 is 4.74 Å². The van der Waals surface area contributed by atoms with E-state index in [1.165, 1.54) is 12.8 Å². The molecule has 0 saturated carbocycles. The SMILES string of the molecule is CCCCN.Nc1ccc(Oc2ccc(N)cc2)cc1. The normalized spacial score (nSPS) is 9.50. The molecule has 2 aromatic carbocycles. The molecule has 0 atom stereocenters. The van der Waals surface area contributed by atoms with Gasteiger partial charge in [-0.25, -0.2) is 0 Å². The molecule has 0 bridgehead atoms. The van der Waals surface area contributed by atoms with Gasteiger partial charge in [-0.2, -0.15) is 0 Å². The van der Waals surface area contributed by atoms with E-state index in [0.717, 1.165) is 29.4 Å². The van der Waals surface area contributed by atoms with Gasteiger partial charge in [-0.1, -0.05) is 13.3 Å². The Morgan fingerprint density at radius 2 is 1.20 bits per heavy atom. The monoisotopic (exact) mass is 273 g/mol. The molecule has 0 radical (unpaired) electrons. The van der Waals surface area contributed by atoms with Crippen LogP contribution in [0.5, 0.6) is 11.5 Å². The Kier molecular flexibility index (Phi) is 7.00. The topological polar surface area (TPSA) is 87.3 Å². The van der Waals surface area contributed by atoms with Crippen LogP contribution in [0.25, 0.3) is 0 Å². The van der Waals surface area contributed by atoms with Gasteiger partial charge in [-0.05, 0) is 61.5 Å². The highest BCUT2D eigenvalue weighted by Gasteiger charge is 1.96. The molecule has 0 unspecified atom stereocenters. The number of nitrogens with two attached hydrogens (primary N) is 3. The molecule has 2 rings (SSSR count). The fraction of sp³-hybridized carbons (Fsp3) is 0.250. The van der Waals surface area contributed by atoms with E-state index in [4.69, 9.17) is 21.9 Å². The van der Waals surface area contributed by atoms with Crippen LogP contribution >= 0.6 is 0 Å². The molecule has 0 spiro atoms. The highest BCUT2D eigenvalue weighted by molar-refractivity contribution is 5.45. The minimum absolute atomic E-state index is 0.722. The van der Waals surface area contributed by atoms with Crippen molar-refractivity contribution >= 4 is 11.4 Å². The summed E-state index contributed by atoms with van der Waals surface area (Å²) in [7, 11) is 0. The maximum atomic E-state index is 5.58. The zero-order valence-corrected chi connectivity index (χ0v) is 11.9. The molecule has 0 aliphatic rings. The molecule has 0 aliphatic heterocycles. The Bertz CT molecular complexity index is 435. The van der Waals surface area contributed by atoms with Crippen molar-refractivity contribution in [2.45, 2.75) is 19.8 Å². The average Bonchev–Trinajstić information content (AvgIpc) is 2.45. The fourth-order valence-electron chi connectivity index (χ4n) is 1.41. The number of rotatable bonds is 4. The van der Waals surface area contributed by atoms with Crippen LogP contribution < -0.4 is 21.9 Å². The van der Waals surface area contributed by atoms with Crippen LogP contribution in [0.4, 0.5) is 11.4 Å². The van der Waals surface area contributed by atoms with E-state index in [1.54, 1.807) is 24.3 Å². The molecule has 0 heterocycles. The number of hydrogen-bond acceptors (Lipinski definition) is 4. The van der Waals surface area contributed by atoms with Crippen LogP contribution in [0.3, 0.4) is 0 Å². The molecule has 0 saturated heterocycles. The summed E-state index contributed by atoms with van der Waals surface area (Å²) in [5.41, 5.74) is 17.7. The smallest absolute Gasteiger partial charge is 0.127 e. The Hall–Kier alpha value is -2.20. The fourth-order valence-corrected chi connectivity index (χ4v) is 1.41. The minimum atomic E-state index is 0.722. The maximum Gasteiger partial charge on any atom is 0.127 e. The third-order valence-corrected chi connectivity index (χ3v) is 2.55. The summed E-state index contributed by atoms with van der Waals surface area (Å²) in [5, 5.41) is 0. The highest BCUT2D eigenvalue weighted by Crippen LogP contribution is 2.22. The van der Waals surface area contributed by atoms with E-state index >= 15 is 0 Å². The van der Waals surface area contributed by atoms with E-state index in [2.05, 4.69) is 6.92 Å². The summed E-state index contributed by atoms with van der Waals surface area (Å²) in [6, 6.07) is 14.5. The Morgan fingerprint density at radius 3 is 1.45 bits per heavy atom. The van der Waals surface area contributed by atoms with Crippen molar-refractivity contribution in [3.8, 4) is 11.5 Å². The zero-order valence-electron chi connectivity index (χ0n) is 11.9. The quantitative estimate of drug-likeness (QED) is 0.745. The highest BCUT2D eigenvalue weighted by atomic mass is 16.5. The van der Waals surface area contributed by atoms with Crippen LogP contribution in [-0.4, -0.2) is 6.54 Å². The molecule has 0 aliphatic carbocycles.